The number of carbonyl (C=O) groups is 1. The number of likely N-dealkylation sites (tertiary alicyclic amines) is 1. The van der Waals surface area contributed by atoms with Gasteiger partial charge >= 0.3 is 0 Å². The number of nitrogens with zero attached hydrogens (tertiary/aromatic N) is 6. The Kier molecular flexibility index (Phi) is 5.59. The molecule has 5 rings (SSSR count). The van der Waals surface area contributed by atoms with E-state index in [4.69, 9.17) is 9.52 Å². The topological polar surface area (TPSA) is 80.3 Å². The van der Waals surface area contributed by atoms with Gasteiger partial charge in [-0.3, -0.25) is 9.69 Å². The Morgan fingerprint density at radius 1 is 1.16 bits per heavy atom. The van der Waals surface area contributed by atoms with Crippen LogP contribution < -0.4 is 4.90 Å². The SMILES string of the molecule is Cc1nnc(-c2cccc(-n3ccc(N(C(=O)c4cccs4)C4CCN(C)CC4)n3)c2)o1. The van der Waals surface area contributed by atoms with Crippen molar-refractivity contribution in [1.82, 2.24) is 24.9 Å². The molecule has 32 heavy (non-hydrogen) atoms. The van der Waals surface area contributed by atoms with E-state index in [1.165, 1.54) is 11.3 Å². The fourth-order valence-corrected chi connectivity index (χ4v) is 4.67. The summed E-state index contributed by atoms with van der Waals surface area (Å²) in [6.45, 7) is 3.69. The van der Waals surface area contributed by atoms with Crippen LogP contribution in [0.15, 0.2) is 58.5 Å². The predicted molar refractivity (Wildman–Crippen MR) is 123 cm³/mol. The third-order valence-corrected chi connectivity index (χ3v) is 6.57. The van der Waals surface area contributed by atoms with Gasteiger partial charge in [-0.1, -0.05) is 12.1 Å². The standard InChI is InChI=1S/C23H24N6O2S/c1-16-24-25-22(31-16)17-5-3-6-19(15-17)28-13-10-21(26-28)29(18-8-11-27(2)12-9-18)23(30)20-7-4-14-32-20/h3-7,10,13-15,18H,8-9,11-12H2,1-2H3. The number of thiophene rings is 1. The van der Waals surface area contributed by atoms with E-state index in [1.807, 2.05) is 58.9 Å². The van der Waals surface area contributed by atoms with Crippen LogP contribution in [0.3, 0.4) is 0 Å². The Bertz CT molecular complexity index is 1210. The smallest absolute Gasteiger partial charge is 0.269 e. The monoisotopic (exact) mass is 448 g/mol. The molecule has 0 spiro atoms. The lowest BCUT2D eigenvalue weighted by molar-refractivity contribution is 0.0966. The number of rotatable bonds is 5. The van der Waals surface area contributed by atoms with Crippen LogP contribution in [0.4, 0.5) is 5.82 Å². The molecule has 9 heteroatoms. The number of hydrogen-bond donors (Lipinski definition) is 0. The number of hydrogen-bond acceptors (Lipinski definition) is 7. The molecule has 1 fully saturated rings. The van der Waals surface area contributed by atoms with Crippen molar-refractivity contribution in [3.63, 3.8) is 0 Å². The van der Waals surface area contributed by atoms with Gasteiger partial charge < -0.3 is 9.32 Å². The second-order valence-electron chi connectivity index (χ2n) is 7.98. The second-order valence-corrected chi connectivity index (χ2v) is 8.93. The number of carbonyl (C=O) groups excluding carboxylic acids is 1. The maximum Gasteiger partial charge on any atom is 0.269 e. The minimum absolute atomic E-state index is 0.00916. The Balaban J connectivity index is 1.47. The van der Waals surface area contributed by atoms with Gasteiger partial charge in [0.25, 0.3) is 5.91 Å². The molecule has 1 amide bonds. The molecule has 3 aromatic heterocycles. The van der Waals surface area contributed by atoms with Gasteiger partial charge in [0.15, 0.2) is 5.82 Å². The number of piperidine rings is 1. The van der Waals surface area contributed by atoms with Crippen LogP contribution in [0.5, 0.6) is 0 Å². The zero-order chi connectivity index (χ0) is 22.1. The van der Waals surface area contributed by atoms with Gasteiger partial charge in [-0.15, -0.1) is 26.6 Å². The molecule has 1 aromatic carbocycles. The van der Waals surface area contributed by atoms with Gasteiger partial charge in [-0.25, -0.2) is 4.68 Å². The van der Waals surface area contributed by atoms with Crippen molar-refractivity contribution < 1.29 is 9.21 Å². The molecule has 1 aliphatic heterocycles. The average Bonchev–Trinajstić information content (AvgIpc) is 3.57. The largest absolute Gasteiger partial charge is 0.421 e. The van der Waals surface area contributed by atoms with Crippen LogP contribution in [0.1, 0.15) is 28.4 Å². The van der Waals surface area contributed by atoms with Crippen molar-refractivity contribution in [2.45, 2.75) is 25.8 Å². The highest BCUT2D eigenvalue weighted by atomic mass is 32.1. The molecule has 4 heterocycles. The molecule has 0 N–H and O–H groups in total. The maximum absolute atomic E-state index is 13.4. The van der Waals surface area contributed by atoms with Crippen molar-refractivity contribution in [3.05, 3.63) is 64.8 Å². The van der Waals surface area contributed by atoms with Crippen molar-refractivity contribution >= 4 is 23.1 Å². The maximum atomic E-state index is 13.4. The van der Waals surface area contributed by atoms with Crippen molar-refractivity contribution in [2.75, 3.05) is 25.0 Å². The van der Waals surface area contributed by atoms with E-state index in [0.717, 1.165) is 42.1 Å². The molecular formula is C23H24N6O2S. The molecule has 1 aliphatic rings. The van der Waals surface area contributed by atoms with Crippen molar-refractivity contribution in [3.8, 4) is 17.1 Å². The number of amides is 1. The van der Waals surface area contributed by atoms with Crippen LogP contribution in [0.25, 0.3) is 17.1 Å². The van der Waals surface area contributed by atoms with Crippen molar-refractivity contribution in [1.29, 1.82) is 0 Å². The molecular weight excluding hydrogens is 424 g/mol. The summed E-state index contributed by atoms with van der Waals surface area (Å²) in [5.74, 6) is 1.66. The quantitative estimate of drug-likeness (QED) is 0.459. The molecule has 0 atom stereocenters. The first kappa shape index (κ1) is 20.6. The Morgan fingerprint density at radius 3 is 2.72 bits per heavy atom. The minimum atomic E-state index is 0.00916. The molecule has 0 saturated carbocycles. The van der Waals surface area contributed by atoms with Gasteiger partial charge in [0.1, 0.15) is 0 Å². The normalized spacial score (nSPS) is 15.2. The summed E-state index contributed by atoms with van der Waals surface area (Å²) in [4.78, 5) is 18.3. The minimum Gasteiger partial charge on any atom is -0.421 e. The van der Waals surface area contributed by atoms with E-state index in [2.05, 4.69) is 22.1 Å². The summed E-state index contributed by atoms with van der Waals surface area (Å²) < 4.78 is 7.34. The highest BCUT2D eigenvalue weighted by Gasteiger charge is 2.31. The lowest BCUT2D eigenvalue weighted by Gasteiger charge is -2.36. The zero-order valence-corrected chi connectivity index (χ0v) is 18.8. The van der Waals surface area contributed by atoms with Crippen LogP contribution >= 0.6 is 11.3 Å². The van der Waals surface area contributed by atoms with Gasteiger partial charge in [-0.2, -0.15) is 0 Å². The third kappa shape index (κ3) is 4.09. The zero-order valence-electron chi connectivity index (χ0n) is 18.0. The van der Waals surface area contributed by atoms with Crippen LogP contribution in [-0.4, -0.2) is 57.0 Å². The predicted octanol–water partition coefficient (Wildman–Crippen LogP) is 4.03. The molecule has 0 radical (unpaired) electrons. The van der Waals surface area contributed by atoms with Gasteiger partial charge in [0.05, 0.1) is 10.6 Å². The number of anilines is 1. The Morgan fingerprint density at radius 2 is 2.00 bits per heavy atom. The molecule has 1 saturated heterocycles. The summed E-state index contributed by atoms with van der Waals surface area (Å²) in [7, 11) is 2.12. The summed E-state index contributed by atoms with van der Waals surface area (Å²) in [6.07, 6.45) is 3.73. The van der Waals surface area contributed by atoms with Gasteiger partial charge in [-0.05, 0) is 62.6 Å². The third-order valence-electron chi connectivity index (χ3n) is 5.71. The van der Waals surface area contributed by atoms with E-state index in [9.17, 15) is 4.79 Å². The molecule has 0 aliphatic carbocycles. The van der Waals surface area contributed by atoms with E-state index >= 15 is 0 Å². The lowest BCUT2D eigenvalue weighted by Crippen LogP contribution is -2.47. The van der Waals surface area contributed by atoms with Crippen molar-refractivity contribution in [2.24, 2.45) is 0 Å². The number of aryl methyl sites for hydroxylation is 1. The molecule has 0 unspecified atom stereocenters. The fraction of sp³-hybridized carbons (Fsp3) is 0.304. The van der Waals surface area contributed by atoms with Crippen LogP contribution in [0.2, 0.25) is 0 Å². The van der Waals surface area contributed by atoms with E-state index in [1.54, 1.807) is 11.6 Å². The summed E-state index contributed by atoms with van der Waals surface area (Å²) in [6, 6.07) is 13.6. The van der Waals surface area contributed by atoms with Crippen LogP contribution in [-0.2, 0) is 0 Å². The second kappa shape index (κ2) is 8.68. The van der Waals surface area contributed by atoms with E-state index in [-0.39, 0.29) is 11.9 Å². The Labute approximate surface area is 190 Å². The first-order chi connectivity index (χ1) is 15.6. The summed E-state index contributed by atoms with van der Waals surface area (Å²) in [5, 5.41) is 14.7. The number of aromatic nitrogens is 4. The molecule has 164 valence electrons. The van der Waals surface area contributed by atoms with E-state index in [0.29, 0.717) is 17.6 Å². The molecule has 4 aromatic rings. The fourth-order valence-electron chi connectivity index (χ4n) is 4.01. The first-order valence-electron chi connectivity index (χ1n) is 10.6. The van der Waals surface area contributed by atoms with Crippen LogP contribution in [0, 0.1) is 6.92 Å². The average molecular weight is 449 g/mol. The van der Waals surface area contributed by atoms with Gasteiger partial charge in [0, 0.05) is 30.8 Å². The first-order valence-corrected chi connectivity index (χ1v) is 11.5. The van der Waals surface area contributed by atoms with E-state index < -0.39 is 0 Å². The molecule has 0 bridgehead atoms. The Hall–Kier alpha value is -3.30. The summed E-state index contributed by atoms with van der Waals surface area (Å²) >= 11 is 1.46. The highest BCUT2D eigenvalue weighted by molar-refractivity contribution is 7.12. The lowest BCUT2D eigenvalue weighted by atomic mass is 10.0. The van der Waals surface area contributed by atoms with Gasteiger partial charge in [0.2, 0.25) is 11.8 Å². The summed E-state index contributed by atoms with van der Waals surface area (Å²) in [5.41, 5.74) is 1.68. The number of benzene rings is 1. The molecule has 8 nitrogen and oxygen atoms in total. The highest BCUT2D eigenvalue weighted by Crippen LogP contribution is 2.27.